The molecule has 0 spiro atoms. The van der Waals surface area contributed by atoms with E-state index in [1.165, 1.54) is 9.75 Å². The van der Waals surface area contributed by atoms with Gasteiger partial charge in [-0.15, -0.1) is 11.3 Å². The van der Waals surface area contributed by atoms with Crippen LogP contribution in [-0.2, 0) is 0 Å². The van der Waals surface area contributed by atoms with E-state index in [1.54, 1.807) is 16.2 Å². The molecule has 1 atom stereocenters. The monoisotopic (exact) mass is 385 g/mol. The Bertz CT molecular complexity index is 593. The second kappa shape index (κ2) is 6.05. The van der Waals surface area contributed by atoms with Crippen molar-refractivity contribution in [1.82, 2.24) is 4.90 Å². The second-order valence-electron chi connectivity index (χ2n) is 4.55. The summed E-state index contributed by atoms with van der Waals surface area (Å²) < 4.78 is 1.08. The van der Waals surface area contributed by atoms with Crippen LogP contribution in [0.1, 0.15) is 33.1 Å². The summed E-state index contributed by atoms with van der Waals surface area (Å²) in [6.45, 7) is 4.15. The first-order valence-electron chi connectivity index (χ1n) is 6.08. The highest BCUT2D eigenvalue weighted by molar-refractivity contribution is 14.1. The molecule has 0 aliphatic heterocycles. The van der Waals surface area contributed by atoms with Crippen LogP contribution in [0.3, 0.4) is 0 Å². The first kappa shape index (κ1) is 14.5. The zero-order valence-corrected chi connectivity index (χ0v) is 14.2. The van der Waals surface area contributed by atoms with Crippen molar-refractivity contribution < 1.29 is 4.79 Å². The molecule has 100 valence electrons. The molecule has 19 heavy (non-hydrogen) atoms. The predicted molar refractivity (Wildman–Crippen MR) is 88.7 cm³/mol. The number of amides is 1. The molecule has 0 bridgehead atoms. The van der Waals surface area contributed by atoms with Crippen LogP contribution in [0, 0.1) is 10.5 Å². The van der Waals surface area contributed by atoms with Crippen LogP contribution in [0.25, 0.3) is 0 Å². The van der Waals surface area contributed by atoms with Crippen molar-refractivity contribution >= 4 is 39.8 Å². The van der Waals surface area contributed by atoms with E-state index in [2.05, 4.69) is 48.6 Å². The van der Waals surface area contributed by atoms with Crippen molar-refractivity contribution in [2.75, 3.05) is 7.05 Å². The van der Waals surface area contributed by atoms with Gasteiger partial charge in [0.05, 0.1) is 6.04 Å². The summed E-state index contributed by atoms with van der Waals surface area (Å²) in [6.07, 6.45) is 0. The Kier molecular flexibility index (Phi) is 4.62. The van der Waals surface area contributed by atoms with E-state index in [1.807, 2.05) is 31.3 Å². The highest BCUT2D eigenvalue weighted by Gasteiger charge is 2.20. The quantitative estimate of drug-likeness (QED) is 0.713. The molecule has 0 fully saturated rings. The molecule has 1 aromatic heterocycles. The molecule has 2 nitrogen and oxygen atoms in total. The fraction of sp³-hybridized carbons (Fsp3) is 0.267. The predicted octanol–water partition coefficient (Wildman–Crippen LogP) is 4.49. The Morgan fingerprint density at radius 2 is 2.05 bits per heavy atom. The smallest absolute Gasteiger partial charge is 0.254 e. The van der Waals surface area contributed by atoms with Crippen molar-refractivity contribution in [3.05, 3.63) is 55.3 Å². The maximum Gasteiger partial charge on any atom is 0.254 e. The number of nitrogens with zero attached hydrogens (tertiary/aromatic N) is 1. The highest BCUT2D eigenvalue weighted by atomic mass is 127. The summed E-state index contributed by atoms with van der Waals surface area (Å²) >= 11 is 3.97. The SMILES string of the molecule is Cc1ccc(C(C)N(C)C(=O)c2cccc(I)c2)s1. The summed E-state index contributed by atoms with van der Waals surface area (Å²) in [5.41, 5.74) is 0.745. The van der Waals surface area contributed by atoms with Crippen LogP contribution < -0.4 is 0 Å². The molecule has 0 saturated carbocycles. The van der Waals surface area contributed by atoms with Gasteiger partial charge in [0, 0.05) is 25.9 Å². The van der Waals surface area contributed by atoms with Gasteiger partial charge in [-0.1, -0.05) is 6.07 Å². The summed E-state index contributed by atoms with van der Waals surface area (Å²) in [7, 11) is 1.86. The number of thiophene rings is 1. The van der Waals surface area contributed by atoms with Crippen LogP contribution >= 0.6 is 33.9 Å². The number of benzene rings is 1. The second-order valence-corrected chi connectivity index (χ2v) is 7.12. The summed E-state index contributed by atoms with van der Waals surface area (Å²) in [4.78, 5) is 16.7. The van der Waals surface area contributed by atoms with E-state index in [0.717, 1.165) is 9.13 Å². The normalized spacial score (nSPS) is 12.2. The Labute approximate surface area is 131 Å². The largest absolute Gasteiger partial charge is 0.334 e. The van der Waals surface area contributed by atoms with Gasteiger partial charge in [0.15, 0.2) is 0 Å². The van der Waals surface area contributed by atoms with Gasteiger partial charge in [-0.3, -0.25) is 4.79 Å². The Morgan fingerprint density at radius 3 is 2.63 bits per heavy atom. The van der Waals surface area contributed by atoms with Crippen molar-refractivity contribution in [1.29, 1.82) is 0 Å². The molecule has 0 aliphatic carbocycles. The molecule has 0 aliphatic rings. The molecular weight excluding hydrogens is 369 g/mol. The number of carbonyl (C=O) groups is 1. The van der Waals surface area contributed by atoms with Gasteiger partial charge in [0.25, 0.3) is 5.91 Å². The first-order chi connectivity index (χ1) is 8.99. The van der Waals surface area contributed by atoms with Crippen molar-refractivity contribution in [2.24, 2.45) is 0 Å². The maximum absolute atomic E-state index is 12.4. The molecule has 0 N–H and O–H groups in total. The fourth-order valence-corrected chi connectivity index (χ4v) is 3.39. The Hall–Kier alpha value is -0.880. The van der Waals surface area contributed by atoms with Crippen LogP contribution in [0.15, 0.2) is 36.4 Å². The molecule has 0 saturated heterocycles. The number of halogens is 1. The third-order valence-electron chi connectivity index (χ3n) is 3.15. The van der Waals surface area contributed by atoms with Gasteiger partial charge in [-0.05, 0) is 66.8 Å². The van der Waals surface area contributed by atoms with Crippen LogP contribution in [0.5, 0.6) is 0 Å². The lowest BCUT2D eigenvalue weighted by Gasteiger charge is -2.24. The molecule has 4 heteroatoms. The van der Waals surface area contributed by atoms with Crippen LogP contribution in [-0.4, -0.2) is 17.9 Å². The molecule has 1 heterocycles. The zero-order chi connectivity index (χ0) is 14.0. The lowest BCUT2D eigenvalue weighted by molar-refractivity contribution is 0.0745. The fourth-order valence-electron chi connectivity index (χ4n) is 1.87. The third-order valence-corrected chi connectivity index (χ3v) is 4.99. The Balaban J connectivity index is 2.19. The van der Waals surface area contributed by atoms with E-state index in [4.69, 9.17) is 0 Å². The van der Waals surface area contributed by atoms with E-state index in [9.17, 15) is 4.79 Å². The standard InChI is InChI=1S/C15H16INOS/c1-10-7-8-14(19-10)11(2)17(3)15(18)12-5-4-6-13(16)9-12/h4-9,11H,1-3H3. The maximum atomic E-state index is 12.4. The van der Waals surface area contributed by atoms with E-state index < -0.39 is 0 Å². The zero-order valence-electron chi connectivity index (χ0n) is 11.2. The van der Waals surface area contributed by atoms with Crippen molar-refractivity contribution in [3.63, 3.8) is 0 Å². The number of rotatable bonds is 3. The molecule has 2 rings (SSSR count). The molecule has 2 aromatic rings. The van der Waals surface area contributed by atoms with Gasteiger partial charge >= 0.3 is 0 Å². The summed E-state index contributed by atoms with van der Waals surface area (Å²) in [5, 5.41) is 0. The van der Waals surface area contributed by atoms with Crippen LogP contribution in [0.2, 0.25) is 0 Å². The third kappa shape index (κ3) is 3.36. The minimum Gasteiger partial charge on any atom is -0.334 e. The average molecular weight is 385 g/mol. The van der Waals surface area contributed by atoms with Gasteiger partial charge in [0.1, 0.15) is 0 Å². The Morgan fingerprint density at radius 1 is 1.32 bits per heavy atom. The minimum absolute atomic E-state index is 0.0667. The number of hydrogen-bond acceptors (Lipinski definition) is 2. The number of carbonyl (C=O) groups excluding carboxylic acids is 1. The summed E-state index contributed by atoms with van der Waals surface area (Å²) in [5.74, 6) is 0.0667. The molecule has 1 aromatic carbocycles. The molecular formula is C15H16INOS. The van der Waals surface area contributed by atoms with Crippen LogP contribution in [0.4, 0.5) is 0 Å². The number of aryl methyl sites for hydroxylation is 1. The van der Waals surface area contributed by atoms with Gasteiger partial charge in [-0.2, -0.15) is 0 Å². The van der Waals surface area contributed by atoms with E-state index in [0.29, 0.717) is 0 Å². The van der Waals surface area contributed by atoms with Crippen molar-refractivity contribution in [2.45, 2.75) is 19.9 Å². The van der Waals surface area contributed by atoms with Gasteiger partial charge in [0.2, 0.25) is 0 Å². The van der Waals surface area contributed by atoms with Gasteiger partial charge < -0.3 is 4.90 Å². The summed E-state index contributed by atoms with van der Waals surface area (Å²) in [6, 6.07) is 12.0. The first-order valence-corrected chi connectivity index (χ1v) is 7.97. The topological polar surface area (TPSA) is 20.3 Å². The molecule has 1 unspecified atom stereocenters. The average Bonchev–Trinajstić information content (AvgIpc) is 2.83. The van der Waals surface area contributed by atoms with E-state index >= 15 is 0 Å². The lowest BCUT2D eigenvalue weighted by atomic mass is 10.1. The lowest BCUT2D eigenvalue weighted by Crippen LogP contribution is -2.29. The molecule has 0 radical (unpaired) electrons. The highest BCUT2D eigenvalue weighted by Crippen LogP contribution is 2.27. The number of hydrogen-bond donors (Lipinski definition) is 0. The van der Waals surface area contributed by atoms with Crippen molar-refractivity contribution in [3.8, 4) is 0 Å². The van der Waals surface area contributed by atoms with E-state index in [-0.39, 0.29) is 11.9 Å². The van der Waals surface area contributed by atoms with Gasteiger partial charge in [-0.25, -0.2) is 0 Å². The minimum atomic E-state index is 0.0667. The molecule has 1 amide bonds.